The van der Waals surface area contributed by atoms with Crippen LogP contribution < -0.4 is 4.90 Å². The van der Waals surface area contributed by atoms with Gasteiger partial charge in [-0.3, -0.25) is 0 Å². The molecule has 2 aliphatic rings. The van der Waals surface area contributed by atoms with Gasteiger partial charge in [0.05, 0.1) is 6.61 Å². The molecule has 15 heavy (non-hydrogen) atoms. The van der Waals surface area contributed by atoms with E-state index in [2.05, 4.69) is 9.88 Å². The zero-order chi connectivity index (χ0) is 10.3. The summed E-state index contributed by atoms with van der Waals surface area (Å²) in [5, 5.41) is 8.91. The lowest BCUT2D eigenvalue weighted by atomic mass is 10.0. The van der Waals surface area contributed by atoms with Crippen molar-refractivity contribution in [2.75, 3.05) is 18.0 Å². The summed E-state index contributed by atoms with van der Waals surface area (Å²) in [6.45, 7) is 2.12. The van der Waals surface area contributed by atoms with Gasteiger partial charge in [0.2, 0.25) is 0 Å². The van der Waals surface area contributed by atoms with Gasteiger partial charge in [0.1, 0.15) is 12.0 Å². The third kappa shape index (κ3) is 1.53. The van der Waals surface area contributed by atoms with Crippen molar-refractivity contribution < 1.29 is 9.52 Å². The van der Waals surface area contributed by atoms with E-state index >= 15 is 0 Å². The maximum absolute atomic E-state index is 8.91. The fourth-order valence-electron chi connectivity index (χ4n) is 2.91. The van der Waals surface area contributed by atoms with Crippen molar-refractivity contribution in [3.63, 3.8) is 0 Å². The minimum atomic E-state index is -0.0375. The Bertz CT molecular complexity index is 338. The topological polar surface area (TPSA) is 49.5 Å². The first-order chi connectivity index (χ1) is 7.36. The smallest absolute Gasteiger partial charge is 0.297 e. The van der Waals surface area contributed by atoms with Gasteiger partial charge >= 0.3 is 0 Å². The van der Waals surface area contributed by atoms with Crippen molar-refractivity contribution in [1.82, 2.24) is 4.98 Å². The summed E-state index contributed by atoms with van der Waals surface area (Å²) in [6.07, 6.45) is 5.64. The number of anilines is 1. The number of oxazole rings is 1. The molecule has 3 rings (SSSR count). The highest BCUT2D eigenvalue weighted by molar-refractivity contribution is 5.30. The maximum atomic E-state index is 8.91. The molecule has 2 fully saturated rings. The first-order valence-electron chi connectivity index (χ1n) is 5.67. The lowest BCUT2D eigenvalue weighted by molar-refractivity contribution is 0.276. The first-order valence-corrected chi connectivity index (χ1v) is 5.67. The average molecular weight is 208 g/mol. The van der Waals surface area contributed by atoms with E-state index in [-0.39, 0.29) is 6.61 Å². The standard InChI is InChI=1S/C11H16N2O2/c14-6-10-7-15-11(12-10)13-4-8-2-1-3-9(8)5-13/h7-9,14H,1-6H2. The van der Waals surface area contributed by atoms with Crippen molar-refractivity contribution in [3.05, 3.63) is 12.0 Å². The second-order valence-corrected chi connectivity index (χ2v) is 4.64. The number of rotatable bonds is 2. The molecule has 0 radical (unpaired) electrons. The fraction of sp³-hybridized carbons (Fsp3) is 0.727. The van der Waals surface area contributed by atoms with Gasteiger partial charge in [-0.25, -0.2) is 0 Å². The molecule has 1 saturated carbocycles. The molecule has 4 heteroatoms. The summed E-state index contributed by atoms with van der Waals surface area (Å²) < 4.78 is 5.36. The van der Waals surface area contributed by atoms with Crippen LogP contribution in [0.3, 0.4) is 0 Å². The molecule has 1 saturated heterocycles. The van der Waals surface area contributed by atoms with E-state index < -0.39 is 0 Å². The molecule has 1 N–H and O–H groups in total. The monoisotopic (exact) mass is 208 g/mol. The summed E-state index contributed by atoms with van der Waals surface area (Å²) >= 11 is 0. The number of fused-ring (bicyclic) bond motifs is 1. The molecule has 2 unspecified atom stereocenters. The summed E-state index contributed by atoms with van der Waals surface area (Å²) in [5.41, 5.74) is 0.627. The molecular weight excluding hydrogens is 192 g/mol. The van der Waals surface area contributed by atoms with Crippen molar-refractivity contribution in [2.45, 2.75) is 25.9 Å². The van der Waals surface area contributed by atoms with E-state index in [1.807, 2.05) is 0 Å². The zero-order valence-corrected chi connectivity index (χ0v) is 8.72. The van der Waals surface area contributed by atoms with E-state index in [9.17, 15) is 0 Å². The normalized spacial score (nSPS) is 29.8. The van der Waals surface area contributed by atoms with E-state index in [1.165, 1.54) is 19.3 Å². The molecule has 1 aliphatic heterocycles. The van der Waals surface area contributed by atoms with Crippen molar-refractivity contribution in [3.8, 4) is 0 Å². The Morgan fingerprint density at radius 3 is 2.73 bits per heavy atom. The lowest BCUT2D eigenvalue weighted by Gasteiger charge is -2.13. The molecule has 0 aromatic carbocycles. The van der Waals surface area contributed by atoms with Crippen LogP contribution in [0.1, 0.15) is 25.0 Å². The second kappa shape index (κ2) is 3.52. The summed E-state index contributed by atoms with van der Waals surface area (Å²) in [4.78, 5) is 6.46. The average Bonchev–Trinajstić information content (AvgIpc) is 2.91. The van der Waals surface area contributed by atoms with Gasteiger partial charge in [-0.1, -0.05) is 6.42 Å². The van der Waals surface area contributed by atoms with Crippen LogP contribution in [0.25, 0.3) is 0 Å². The van der Waals surface area contributed by atoms with Gasteiger partial charge in [0.15, 0.2) is 0 Å². The van der Waals surface area contributed by atoms with Crippen LogP contribution in [0.2, 0.25) is 0 Å². The number of hydrogen-bond acceptors (Lipinski definition) is 4. The van der Waals surface area contributed by atoms with E-state index in [1.54, 1.807) is 6.26 Å². The van der Waals surface area contributed by atoms with Crippen LogP contribution in [0.15, 0.2) is 10.7 Å². The molecule has 1 aliphatic carbocycles. The van der Waals surface area contributed by atoms with Crippen molar-refractivity contribution >= 4 is 6.01 Å². The van der Waals surface area contributed by atoms with Gasteiger partial charge in [0.25, 0.3) is 6.01 Å². The number of aromatic nitrogens is 1. The molecule has 4 nitrogen and oxygen atoms in total. The number of hydrogen-bond donors (Lipinski definition) is 1. The third-order valence-electron chi connectivity index (χ3n) is 3.70. The number of aliphatic hydroxyl groups is 1. The van der Waals surface area contributed by atoms with Gasteiger partial charge < -0.3 is 14.4 Å². The Labute approximate surface area is 88.9 Å². The Morgan fingerprint density at radius 1 is 1.40 bits per heavy atom. The molecule has 2 heterocycles. The second-order valence-electron chi connectivity index (χ2n) is 4.64. The molecule has 0 bridgehead atoms. The van der Waals surface area contributed by atoms with Crippen LogP contribution in [0.4, 0.5) is 6.01 Å². The third-order valence-corrected chi connectivity index (χ3v) is 3.70. The van der Waals surface area contributed by atoms with E-state index in [4.69, 9.17) is 9.52 Å². The maximum Gasteiger partial charge on any atom is 0.297 e. The highest BCUT2D eigenvalue weighted by Crippen LogP contribution is 2.39. The zero-order valence-electron chi connectivity index (χ0n) is 8.72. The SMILES string of the molecule is OCc1coc(N2CC3CCCC3C2)n1. The highest BCUT2D eigenvalue weighted by atomic mass is 16.4. The molecule has 2 atom stereocenters. The minimum absolute atomic E-state index is 0.0375. The summed E-state index contributed by atoms with van der Waals surface area (Å²) in [6, 6.07) is 0.688. The van der Waals surface area contributed by atoms with Crippen LogP contribution in [-0.4, -0.2) is 23.2 Å². The lowest BCUT2D eigenvalue weighted by Crippen LogP contribution is -2.20. The van der Waals surface area contributed by atoms with Gasteiger partial charge in [-0.15, -0.1) is 0 Å². The van der Waals surface area contributed by atoms with Gasteiger partial charge in [-0.05, 0) is 24.7 Å². The summed E-state index contributed by atoms with van der Waals surface area (Å²) in [5.74, 6) is 1.68. The quantitative estimate of drug-likeness (QED) is 0.798. The Hall–Kier alpha value is -1.03. The molecule has 1 aromatic heterocycles. The van der Waals surface area contributed by atoms with Crippen LogP contribution >= 0.6 is 0 Å². The minimum Gasteiger partial charge on any atom is -0.432 e. The van der Waals surface area contributed by atoms with Crippen LogP contribution in [0.5, 0.6) is 0 Å². The predicted octanol–water partition coefficient (Wildman–Crippen LogP) is 1.40. The van der Waals surface area contributed by atoms with Crippen molar-refractivity contribution in [2.24, 2.45) is 11.8 Å². The number of aliphatic hydroxyl groups excluding tert-OH is 1. The summed E-state index contributed by atoms with van der Waals surface area (Å²) in [7, 11) is 0. The van der Waals surface area contributed by atoms with Gasteiger partial charge in [-0.2, -0.15) is 4.98 Å². The highest BCUT2D eigenvalue weighted by Gasteiger charge is 2.37. The van der Waals surface area contributed by atoms with Crippen LogP contribution in [-0.2, 0) is 6.61 Å². The Kier molecular flexibility index (Phi) is 2.16. The molecule has 82 valence electrons. The number of nitrogens with zero attached hydrogens (tertiary/aromatic N) is 2. The largest absolute Gasteiger partial charge is 0.432 e. The van der Waals surface area contributed by atoms with Gasteiger partial charge in [0, 0.05) is 13.1 Å². The predicted molar refractivity (Wildman–Crippen MR) is 55.5 cm³/mol. The van der Waals surface area contributed by atoms with Crippen molar-refractivity contribution in [1.29, 1.82) is 0 Å². The molecular formula is C11H16N2O2. The molecule has 0 spiro atoms. The van der Waals surface area contributed by atoms with E-state index in [0.717, 1.165) is 24.9 Å². The Balaban J connectivity index is 1.73. The first kappa shape index (κ1) is 9.21. The fourth-order valence-corrected chi connectivity index (χ4v) is 2.91. The van der Waals surface area contributed by atoms with E-state index in [0.29, 0.717) is 11.7 Å². The van der Waals surface area contributed by atoms with Crippen LogP contribution in [0, 0.1) is 11.8 Å². The molecule has 1 aromatic rings. The molecule has 0 amide bonds. The Morgan fingerprint density at radius 2 is 2.13 bits per heavy atom.